The van der Waals surface area contributed by atoms with Crippen LogP contribution in [-0.4, -0.2) is 30.5 Å². The first-order valence-corrected chi connectivity index (χ1v) is 7.44. The second-order valence-electron chi connectivity index (χ2n) is 5.72. The molecule has 0 bridgehead atoms. The Bertz CT molecular complexity index is 567. The Balaban J connectivity index is 1.70. The normalized spacial score (nSPS) is 20.6. The highest BCUT2D eigenvalue weighted by Crippen LogP contribution is 2.35. The van der Waals surface area contributed by atoms with E-state index >= 15 is 0 Å². The Morgan fingerprint density at radius 1 is 1.48 bits per heavy atom. The van der Waals surface area contributed by atoms with E-state index in [-0.39, 0.29) is 16.5 Å². The zero-order chi connectivity index (χ0) is 14.8. The van der Waals surface area contributed by atoms with Gasteiger partial charge >= 0.3 is 0 Å². The quantitative estimate of drug-likeness (QED) is 0.678. The molecule has 1 N–H and O–H groups in total. The molecule has 1 fully saturated rings. The summed E-state index contributed by atoms with van der Waals surface area (Å²) in [5, 5.41) is 14.3. The lowest BCUT2D eigenvalue weighted by Crippen LogP contribution is -2.29. The van der Waals surface area contributed by atoms with Crippen LogP contribution < -0.4 is 10.2 Å². The summed E-state index contributed by atoms with van der Waals surface area (Å²) in [5.41, 5.74) is 1.54. The maximum absolute atomic E-state index is 12.4. The lowest BCUT2D eigenvalue weighted by atomic mass is 10.0. The van der Waals surface area contributed by atoms with Crippen LogP contribution in [-0.2, 0) is 11.2 Å². The van der Waals surface area contributed by atoms with Crippen molar-refractivity contribution in [2.75, 3.05) is 24.5 Å². The van der Waals surface area contributed by atoms with E-state index in [1.54, 1.807) is 11.0 Å². The van der Waals surface area contributed by atoms with Gasteiger partial charge in [0, 0.05) is 19.0 Å². The van der Waals surface area contributed by atoms with Gasteiger partial charge < -0.3 is 10.2 Å². The molecular weight excluding hydrogens is 270 g/mol. The number of fused-ring (bicyclic) bond motifs is 1. The van der Waals surface area contributed by atoms with E-state index in [0.29, 0.717) is 30.9 Å². The van der Waals surface area contributed by atoms with Gasteiger partial charge in [-0.3, -0.25) is 14.9 Å². The van der Waals surface area contributed by atoms with E-state index in [9.17, 15) is 14.9 Å². The Hall–Kier alpha value is -1.95. The number of nitrogens with zero attached hydrogens (tertiary/aromatic N) is 2. The Morgan fingerprint density at radius 2 is 2.33 bits per heavy atom. The van der Waals surface area contributed by atoms with Crippen molar-refractivity contribution in [3.8, 4) is 0 Å². The first kappa shape index (κ1) is 14.0. The van der Waals surface area contributed by atoms with Crippen LogP contribution in [0.2, 0.25) is 0 Å². The van der Waals surface area contributed by atoms with E-state index in [4.69, 9.17) is 0 Å². The van der Waals surface area contributed by atoms with E-state index in [0.717, 1.165) is 31.6 Å². The van der Waals surface area contributed by atoms with Crippen molar-refractivity contribution in [2.45, 2.75) is 25.7 Å². The van der Waals surface area contributed by atoms with Crippen molar-refractivity contribution < 1.29 is 9.72 Å². The third-order valence-corrected chi connectivity index (χ3v) is 4.43. The molecule has 0 aliphatic carbocycles. The van der Waals surface area contributed by atoms with Crippen molar-refractivity contribution in [1.29, 1.82) is 0 Å². The van der Waals surface area contributed by atoms with Crippen LogP contribution in [0.4, 0.5) is 11.4 Å². The standard InChI is InChI=1S/C15H19N3O3/c19-15(5-4-11-6-8-16-10-11)17-9-7-12-13(17)2-1-3-14(12)18(20)21/h1-3,11,16H,4-10H2. The summed E-state index contributed by atoms with van der Waals surface area (Å²) in [5.74, 6) is 0.669. The van der Waals surface area contributed by atoms with Crippen LogP contribution in [0, 0.1) is 16.0 Å². The number of carbonyl (C=O) groups is 1. The molecule has 0 saturated carbocycles. The van der Waals surface area contributed by atoms with Crippen LogP contribution in [0.25, 0.3) is 0 Å². The number of rotatable bonds is 4. The number of nitro groups is 1. The van der Waals surface area contributed by atoms with Gasteiger partial charge in [0.05, 0.1) is 16.2 Å². The molecule has 0 spiro atoms. The average molecular weight is 289 g/mol. The second kappa shape index (κ2) is 5.81. The van der Waals surface area contributed by atoms with E-state index in [2.05, 4.69) is 5.32 Å². The second-order valence-corrected chi connectivity index (χ2v) is 5.72. The highest BCUT2D eigenvalue weighted by Gasteiger charge is 2.30. The average Bonchev–Trinajstić information content (AvgIpc) is 3.13. The third kappa shape index (κ3) is 2.76. The first-order valence-electron chi connectivity index (χ1n) is 7.44. The molecule has 1 amide bonds. The Morgan fingerprint density at radius 3 is 3.05 bits per heavy atom. The molecule has 6 heteroatoms. The van der Waals surface area contributed by atoms with Crippen molar-refractivity contribution in [3.63, 3.8) is 0 Å². The molecule has 21 heavy (non-hydrogen) atoms. The number of anilines is 1. The molecule has 1 saturated heterocycles. The zero-order valence-corrected chi connectivity index (χ0v) is 11.9. The number of hydrogen-bond donors (Lipinski definition) is 1. The molecule has 1 unspecified atom stereocenters. The minimum absolute atomic E-state index is 0.0844. The molecule has 2 aliphatic rings. The predicted octanol–water partition coefficient (Wildman–Crippen LogP) is 1.87. The van der Waals surface area contributed by atoms with Crippen molar-refractivity contribution in [2.24, 2.45) is 5.92 Å². The summed E-state index contributed by atoms with van der Waals surface area (Å²) < 4.78 is 0. The number of amides is 1. The molecule has 1 atom stereocenters. The third-order valence-electron chi connectivity index (χ3n) is 4.43. The molecule has 0 aromatic heterocycles. The predicted molar refractivity (Wildman–Crippen MR) is 79.4 cm³/mol. The minimum atomic E-state index is -0.364. The van der Waals surface area contributed by atoms with Crippen LogP contribution in [0.15, 0.2) is 18.2 Å². The topological polar surface area (TPSA) is 75.5 Å². The smallest absolute Gasteiger partial charge is 0.274 e. The van der Waals surface area contributed by atoms with Gasteiger partial charge in [-0.15, -0.1) is 0 Å². The Labute approximate surface area is 123 Å². The van der Waals surface area contributed by atoms with Crippen molar-refractivity contribution in [1.82, 2.24) is 5.32 Å². The van der Waals surface area contributed by atoms with E-state index in [1.165, 1.54) is 6.07 Å². The molecule has 2 aliphatic heterocycles. The molecule has 1 aromatic carbocycles. The SMILES string of the molecule is O=C(CCC1CCNC1)N1CCc2c1cccc2[N+](=O)[O-]. The fraction of sp³-hybridized carbons (Fsp3) is 0.533. The summed E-state index contributed by atoms with van der Waals surface area (Å²) in [6, 6.07) is 4.98. The maximum Gasteiger partial charge on any atom is 0.274 e. The van der Waals surface area contributed by atoms with E-state index < -0.39 is 0 Å². The molecular formula is C15H19N3O3. The fourth-order valence-electron chi connectivity index (χ4n) is 3.27. The van der Waals surface area contributed by atoms with Crippen LogP contribution in [0.1, 0.15) is 24.8 Å². The minimum Gasteiger partial charge on any atom is -0.316 e. The number of carbonyl (C=O) groups excluding carboxylic acids is 1. The van der Waals surface area contributed by atoms with Gasteiger partial charge in [-0.2, -0.15) is 0 Å². The fourth-order valence-corrected chi connectivity index (χ4v) is 3.27. The van der Waals surface area contributed by atoms with Gasteiger partial charge in [0.15, 0.2) is 0 Å². The summed E-state index contributed by atoms with van der Waals surface area (Å²) in [4.78, 5) is 24.8. The maximum atomic E-state index is 12.4. The van der Waals surface area contributed by atoms with Crippen molar-refractivity contribution in [3.05, 3.63) is 33.9 Å². The summed E-state index contributed by atoms with van der Waals surface area (Å²) in [6.07, 6.45) is 3.12. The van der Waals surface area contributed by atoms with Gasteiger partial charge in [-0.1, -0.05) is 6.07 Å². The van der Waals surface area contributed by atoms with Gasteiger partial charge in [0.25, 0.3) is 5.69 Å². The van der Waals surface area contributed by atoms with Crippen LogP contribution in [0.3, 0.4) is 0 Å². The molecule has 1 aromatic rings. The number of benzene rings is 1. The first-order chi connectivity index (χ1) is 10.2. The van der Waals surface area contributed by atoms with Gasteiger partial charge in [0.2, 0.25) is 5.91 Å². The Kier molecular flexibility index (Phi) is 3.88. The van der Waals surface area contributed by atoms with Gasteiger partial charge in [0.1, 0.15) is 0 Å². The molecule has 112 valence electrons. The lowest BCUT2D eigenvalue weighted by molar-refractivity contribution is -0.385. The summed E-state index contributed by atoms with van der Waals surface area (Å²) >= 11 is 0. The number of nitro benzene ring substituents is 1. The summed E-state index contributed by atoms with van der Waals surface area (Å²) in [6.45, 7) is 2.59. The molecule has 3 rings (SSSR count). The zero-order valence-electron chi connectivity index (χ0n) is 11.9. The highest BCUT2D eigenvalue weighted by atomic mass is 16.6. The van der Waals surface area contributed by atoms with Gasteiger partial charge in [-0.05, 0) is 44.3 Å². The van der Waals surface area contributed by atoms with E-state index in [1.807, 2.05) is 6.07 Å². The summed E-state index contributed by atoms with van der Waals surface area (Å²) in [7, 11) is 0. The highest BCUT2D eigenvalue weighted by molar-refractivity contribution is 5.96. The van der Waals surface area contributed by atoms with Crippen LogP contribution in [0.5, 0.6) is 0 Å². The molecule has 6 nitrogen and oxygen atoms in total. The van der Waals surface area contributed by atoms with Crippen LogP contribution >= 0.6 is 0 Å². The lowest BCUT2D eigenvalue weighted by Gasteiger charge is -2.18. The van der Waals surface area contributed by atoms with Gasteiger partial charge in [-0.25, -0.2) is 0 Å². The number of hydrogen-bond acceptors (Lipinski definition) is 4. The van der Waals surface area contributed by atoms with Crippen molar-refractivity contribution >= 4 is 17.3 Å². The largest absolute Gasteiger partial charge is 0.316 e. The molecule has 0 radical (unpaired) electrons. The number of nitrogens with one attached hydrogen (secondary N) is 1. The molecule has 2 heterocycles. The monoisotopic (exact) mass is 289 g/mol.